The van der Waals surface area contributed by atoms with Crippen LogP contribution >= 0.6 is 23.4 Å². The first-order chi connectivity index (χ1) is 13.9. The van der Waals surface area contributed by atoms with Crippen LogP contribution in [0.2, 0.25) is 5.02 Å². The number of nitrogens with zero attached hydrogens (tertiary/aromatic N) is 5. The lowest BCUT2D eigenvalue weighted by molar-refractivity contribution is 0.380. The van der Waals surface area contributed by atoms with Crippen molar-refractivity contribution in [2.45, 2.75) is 24.3 Å². The smallest absolute Gasteiger partial charge is 0.240 e. The molecule has 4 rings (SSSR count). The van der Waals surface area contributed by atoms with E-state index in [2.05, 4.69) is 20.3 Å². The lowest BCUT2D eigenvalue weighted by Gasteiger charge is -2.07. The van der Waals surface area contributed by atoms with E-state index < -0.39 is 0 Å². The van der Waals surface area contributed by atoms with Crippen LogP contribution in [0.15, 0.2) is 52.1 Å². The van der Waals surface area contributed by atoms with Crippen LogP contribution in [0.4, 0.5) is 4.39 Å². The summed E-state index contributed by atoms with van der Waals surface area (Å²) < 4.78 is 21.1. The van der Waals surface area contributed by atoms with Crippen LogP contribution in [0.1, 0.15) is 23.6 Å². The van der Waals surface area contributed by atoms with E-state index in [9.17, 15) is 4.39 Å². The van der Waals surface area contributed by atoms with Gasteiger partial charge in [-0.1, -0.05) is 52.8 Å². The van der Waals surface area contributed by atoms with E-state index in [1.54, 1.807) is 19.1 Å². The first-order valence-corrected chi connectivity index (χ1v) is 10.1. The molecule has 1 unspecified atom stereocenters. The van der Waals surface area contributed by atoms with E-state index in [-0.39, 0.29) is 11.1 Å². The lowest BCUT2D eigenvalue weighted by atomic mass is 10.1. The molecule has 1 atom stereocenters. The molecular weight excluding hydrogens is 413 g/mol. The number of aromatic nitrogens is 5. The molecular formula is C20H17ClFN5OS. The second kappa shape index (κ2) is 7.96. The number of thioether (sulfide) groups is 1. The molecule has 0 radical (unpaired) electrons. The zero-order valence-electron chi connectivity index (χ0n) is 15.9. The van der Waals surface area contributed by atoms with Crippen LogP contribution in [-0.4, -0.2) is 24.9 Å². The molecule has 2 aromatic carbocycles. The summed E-state index contributed by atoms with van der Waals surface area (Å²) in [5.41, 5.74) is 1.95. The van der Waals surface area contributed by atoms with Gasteiger partial charge in [-0.2, -0.15) is 4.98 Å². The highest BCUT2D eigenvalue weighted by Gasteiger charge is 2.21. The molecule has 0 amide bonds. The predicted octanol–water partition coefficient (Wildman–Crippen LogP) is 5.49. The third kappa shape index (κ3) is 3.90. The average molecular weight is 430 g/mol. The highest BCUT2D eigenvalue weighted by Crippen LogP contribution is 2.35. The maximum atomic E-state index is 13.8. The number of rotatable bonds is 5. The second-order valence-electron chi connectivity index (χ2n) is 6.53. The first-order valence-electron chi connectivity index (χ1n) is 8.85. The summed E-state index contributed by atoms with van der Waals surface area (Å²) in [7, 11) is 1.88. The minimum atomic E-state index is -0.303. The Morgan fingerprint density at radius 1 is 1.17 bits per heavy atom. The molecule has 6 nitrogen and oxygen atoms in total. The molecule has 29 heavy (non-hydrogen) atoms. The van der Waals surface area contributed by atoms with Crippen LogP contribution in [-0.2, 0) is 7.05 Å². The van der Waals surface area contributed by atoms with E-state index >= 15 is 0 Å². The van der Waals surface area contributed by atoms with Gasteiger partial charge in [-0.05, 0) is 37.6 Å². The molecule has 4 aromatic rings. The average Bonchev–Trinajstić information content (AvgIpc) is 3.33. The molecule has 0 aliphatic carbocycles. The van der Waals surface area contributed by atoms with Crippen molar-refractivity contribution >= 4 is 23.4 Å². The van der Waals surface area contributed by atoms with Crippen molar-refractivity contribution in [1.82, 2.24) is 24.9 Å². The molecule has 148 valence electrons. The summed E-state index contributed by atoms with van der Waals surface area (Å²) in [6, 6.07) is 12.3. The van der Waals surface area contributed by atoms with Gasteiger partial charge < -0.3 is 9.09 Å². The largest absolute Gasteiger partial charge is 0.338 e. The summed E-state index contributed by atoms with van der Waals surface area (Å²) in [4.78, 5) is 4.41. The molecule has 9 heteroatoms. The van der Waals surface area contributed by atoms with Gasteiger partial charge >= 0.3 is 0 Å². The third-order valence-electron chi connectivity index (χ3n) is 4.45. The van der Waals surface area contributed by atoms with Gasteiger partial charge in [0.1, 0.15) is 5.82 Å². The van der Waals surface area contributed by atoms with Gasteiger partial charge in [-0.25, -0.2) is 4.39 Å². The van der Waals surface area contributed by atoms with Gasteiger partial charge in [0.2, 0.25) is 11.7 Å². The van der Waals surface area contributed by atoms with E-state index in [4.69, 9.17) is 16.1 Å². The van der Waals surface area contributed by atoms with Crippen LogP contribution < -0.4 is 0 Å². The van der Waals surface area contributed by atoms with E-state index in [1.165, 1.54) is 17.8 Å². The fourth-order valence-corrected chi connectivity index (χ4v) is 3.82. The van der Waals surface area contributed by atoms with E-state index in [0.29, 0.717) is 38.8 Å². The van der Waals surface area contributed by atoms with Crippen molar-refractivity contribution < 1.29 is 8.91 Å². The number of halogens is 2. The van der Waals surface area contributed by atoms with Crippen molar-refractivity contribution in [2.75, 3.05) is 0 Å². The molecule has 0 saturated carbocycles. The summed E-state index contributed by atoms with van der Waals surface area (Å²) >= 11 is 7.71. The Morgan fingerprint density at radius 2 is 1.97 bits per heavy atom. The van der Waals surface area contributed by atoms with Crippen LogP contribution in [0, 0.1) is 12.7 Å². The predicted molar refractivity (Wildman–Crippen MR) is 110 cm³/mol. The Bertz CT molecular complexity index is 1180. The van der Waals surface area contributed by atoms with Crippen molar-refractivity contribution in [3.63, 3.8) is 0 Å². The fourth-order valence-electron chi connectivity index (χ4n) is 2.75. The molecule has 0 saturated heterocycles. The van der Waals surface area contributed by atoms with Gasteiger partial charge in [0.25, 0.3) is 0 Å². The highest BCUT2D eigenvalue weighted by molar-refractivity contribution is 7.99. The van der Waals surface area contributed by atoms with Gasteiger partial charge in [0, 0.05) is 18.2 Å². The standard InChI is InChI=1S/C20H17ClFN5OS/c1-11-8-9-13(10-16(11)22)17-23-19(28-26-17)12(2)29-20-25-24-18(27(20)3)14-6-4-5-7-15(14)21/h4-10,12H,1-3H3. The Hall–Kier alpha value is -2.71. The Balaban J connectivity index is 1.55. The SMILES string of the molecule is Cc1ccc(-c2noc(C(C)Sc3nnc(-c4ccccc4Cl)n3C)n2)cc1F. The Kier molecular flexibility index (Phi) is 5.38. The summed E-state index contributed by atoms with van der Waals surface area (Å²) in [5.74, 6) is 1.14. The second-order valence-corrected chi connectivity index (χ2v) is 8.24. The Morgan fingerprint density at radius 3 is 2.72 bits per heavy atom. The van der Waals surface area contributed by atoms with Crippen molar-refractivity contribution in [3.05, 3.63) is 64.8 Å². The number of hydrogen-bond donors (Lipinski definition) is 0. The van der Waals surface area contributed by atoms with E-state index in [1.807, 2.05) is 42.8 Å². The maximum absolute atomic E-state index is 13.8. The van der Waals surface area contributed by atoms with E-state index in [0.717, 1.165) is 5.56 Å². The molecule has 0 N–H and O–H groups in total. The van der Waals surface area contributed by atoms with Crippen molar-refractivity contribution in [3.8, 4) is 22.8 Å². The van der Waals surface area contributed by atoms with Gasteiger partial charge in [0.15, 0.2) is 11.0 Å². The summed E-state index contributed by atoms with van der Waals surface area (Å²) in [6.07, 6.45) is 0. The highest BCUT2D eigenvalue weighted by atomic mass is 35.5. The number of benzene rings is 2. The quantitative estimate of drug-likeness (QED) is 0.391. The van der Waals surface area contributed by atoms with Gasteiger partial charge in [-0.3, -0.25) is 0 Å². The minimum absolute atomic E-state index is 0.173. The zero-order chi connectivity index (χ0) is 20.5. The van der Waals surface area contributed by atoms with Gasteiger partial charge in [-0.15, -0.1) is 10.2 Å². The zero-order valence-corrected chi connectivity index (χ0v) is 17.5. The summed E-state index contributed by atoms with van der Waals surface area (Å²) in [5, 5.41) is 13.6. The normalized spacial score (nSPS) is 12.3. The van der Waals surface area contributed by atoms with Crippen LogP contribution in [0.25, 0.3) is 22.8 Å². The number of aryl methyl sites for hydroxylation is 1. The lowest BCUT2D eigenvalue weighted by Crippen LogP contribution is -1.97. The molecule has 0 aliphatic rings. The minimum Gasteiger partial charge on any atom is -0.338 e. The van der Waals surface area contributed by atoms with Crippen LogP contribution in [0.5, 0.6) is 0 Å². The maximum Gasteiger partial charge on any atom is 0.240 e. The monoisotopic (exact) mass is 429 g/mol. The molecule has 0 aliphatic heterocycles. The third-order valence-corrected chi connectivity index (χ3v) is 5.90. The molecule has 0 fully saturated rings. The first kappa shape index (κ1) is 19.6. The van der Waals surface area contributed by atoms with Crippen LogP contribution in [0.3, 0.4) is 0 Å². The number of hydrogen-bond acceptors (Lipinski definition) is 6. The summed E-state index contributed by atoms with van der Waals surface area (Å²) in [6.45, 7) is 3.64. The fraction of sp³-hybridized carbons (Fsp3) is 0.200. The molecule has 2 heterocycles. The molecule has 0 spiro atoms. The molecule has 0 bridgehead atoms. The Labute approximate surface area is 176 Å². The van der Waals surface area contributed by atoms with Crippen molar-refractivity contribution in [1.29, 1.82) is 0 Å². The molecule has 2 aromatic heterocycles. The topological polar surface area (TPSA) is 69.6 Å². The van der Waals surface area contributed by atoms with Gasteiger partial charge in [0.05, 0.1) is 10.3 Å². The van der Waals surface area contributed by atoms with Crippen molar-refractivity contribution in [2.24, 2.45) is 7.05 Å².